The lowest BCUT2D eigenvalue weighted by Gasteiger charge is -2.13. The molecular formula is C18H30IN3O3. The molecule has 2 N–H and O–H groups in total. The molecule has 1 aromatic rings. The minimum absolute atomic E-state index is 0. The molecule has 1 fully saturated rings. The van der Waals surface area contributed by atoms with E-state index in [9.17, 15) is 0 Å². The van der Waals surface area contributed by atoms with E-state index in [1.807, 2.05) is 24.3 Å². The molecule has 0 bridgehead atoms. The van der Waals surface area contributed by atoms with Gasteiger partial charge in [0, 0.05) is 25.3 Å². The number of nitrogens with one attached hydrogen (secondary N) is 2. The highest BCUT2D eigenvalue weighted by molar-refractivity contribution is 14.0. The molecule has 0 saturated carbocycles. The Balaban J connectivity index is 0.00000312. The normalized spacial score (nSPS) is 17.0. The Labute approximate surface area is 167 Å². The molecule has 0 aromatic heterocycles. The second kappa shape index (κ2) is 13.2. The summed E-state index contributed by atoms with van der Waals surface area (Å²) in [7, 11) is 1.67. The van der Waals surface area contributed by atoms with Gasteiger partial charge in [0.05, 0.1) is 33.0 Å². The molecule has 142 valence electrons. The monoisotopic (exact) mass is 463 g/mol. The number of ether oxygens (including phenoxy) is 3. The zero-order valence-corrected chi connectivity index (χ0v) is 17.5. The fraction of sp³-hybridized carbons (Fsp3) is 0.611. The van der Waals surface area contributed by atoms with Gasteiger partial charge in [0.15, 0.2) is 5.96 Å². The molecule has 0 aliphatic carbocycles. The lowest BCUT2D eigenvalue weighted by atomic mass is 10.2. The number of hydrogen-bond donors (Lipinski definition) is 2. The summed E-state index contributed by atoms with van der Waals surface area (Å²) in [6.07, 6.45) is 2.51. The fourth-order valence-corrected chi connectivity index (χ4v) is 2.57. The van der Waals surface area contributed by atoms with Gasteiger partial charge in [-0.1, -0.05) is 18.2 Å². The minimum atomic E-state index is 0. The first-order valence-corrected chi connectivity index (χ1v) is 8.67. The minimum Gasteiger partial charge on any atom is -0.496 e. The molecule has 1 atom stereocenters. The van der Waals surface area contributed by atoms with E-state index in [2.05, 4.69) is 22.5 Å². The van der Waals surface area contributed by atoms with Crippen LogP contribution in [0.5, 0.6) is 5.75 Å². The third-order valence-electron chi connectivity index (χ3n) is 3.81. The highest BCUT2D eigenvalue weighted by Crippen LogP contribution is 2.17. The molecule has 25 heavy (non-hydrogen) atoms. The maximum atomic E-state index is 5.72. The molecule has 0 amide bonds. The number of aliphatic imine (C=N–C) groups is 1. The van der Waals surface area contributed by atoms with Crippen LogP contribution in [0.25, 0.3) is 0 Å². The van der Waals surface area contributed by atoms with Crippen molar-refractivity contribution < 1.29 is 14.2 Å². The number of benzene rings is 1. The molecule has 1 aliphatic heterocycles. The van der Waals surface area contributed by atoms with Crippen molar-refractivity contribution in [3.63, 3.8) is 0 Å². The van der Waals surface area contributed by atoms with Crippen LogP contribution in [0, 0.1) is 0 Å². The van der Waals surface area contributed by atoms with Gasteiger partial charge in [-0.15, -0.1) is 24.0 Å². The number of halogens is 1. The van der Waals surface area contributed by atoms with Crippen LogP contribution < -0.4 is 15.4 Å². The average molecular weight is 463 g/mol. The molecule has 1 saturated heterocycles. The summed E-state index contributed by atoms with van der Waals surface area (Å²) in [5.74, 6) is 1.67. The molecule has 7 heteroatoms. The van der Waals surface area contributed by atoms with E-state index in [0.717, 1.165) is 43.3 Å². The van der Waals surface area contributed by atoms with Crippen LogP contribution in [0.4, 0.5) is 0 Å². The van der Waals surface area contributed by atoms with Crippen molar-refractivity contribution in [1.82, 2.24) is 10.6 Å². The van der Waals surface area contributed by atoms with Gasteiger partial charge in [0.2, 0.25) is 0 Å². The Bertz CT molecular complexity index is 508. The second-order valence-electron chi connectivity index (χ2n) is 5.65. The summed E-state index contributed by atoms with van der Waals surface area (Å²) >= 11 is 0. The quantitative estimate of drug-likeness (QED) is 0.255. The van der Waals surface area contributed by atoms with Crippen LogP contribution >= 0.6 is 24.0 Å². The van der Waals surface area contributed by atoms with Gasteiger partial charge in [0.25, 0.3) is 0 Å². The number of para-hydroxylation sites is 1. The van der Waals surface area contributed by atoms with Crippen molar-refractivity contribution in [3.05, 3.63) is 29.8 Å². The molecular weight excluding hydrogens is 433 g/mol. The zero-order chi connectivity index (χ0) is 17.0. The van der Waals surface area contributed by atoms with Gasteiger partial charge in [-0.2, -0.15) is 0 Å². The number of rotatable bonds is 9. The first kappa shape index (κ1) is 22.0. The standard InChI is InChI=1S/C18H29N3O3.HI/c1-3-19-18(21-13-16-8-6-11-24-16)20-10-12-23-14-15-7-4-5-9-17(15)22-2;/h4-5,7,9,16H,3,6,8,10-14H2,1-2H3,(H2,19,20,21);1H. The predicted octanol–water partition coefficient (Wildman–Crippen LogP) is 2.56. The van der Waals surface area contributed by atoms with Gasteiger partial charge in [-0.05, 0) is 25.8 Å². The number of methoxy groups -OCH3 is 1. The Morgan fingerprint density at radius 2 is 2.16 bits per heavy atom. The zero-order valence-electron chi connectivity index (χ0n) is 15.1. The van der Waals surface area contributed by atoms with Gasteiger partial charge in [-0.3, -0.25) is 4.99 Å². The molecule has 1 aromatic carbocycles. The highest BCUT2D eigenvalue weighted by Gasteiger charge is 2.14. The lowest BCUT2D eigenvalue weighted by molar-refractivity contribution is 0.117. The molecule has 1 heterocycles. The van der Waals surface area contributed by atoms with Gasteiger partial charge in [-0.25, -0.2) is 0 Å². The number of nitrogens with zero attached hydrogens (tertiary/aromatic N) is 1. The van der Waals surface area contributed by atoms with Crippen LogP contribution in [-0.2, 0) is 16.1 Å². The Hall–Kier alpha value is -1.06. The maximum Gasteiger partial charge on any atom is 0.191 e. The Morgan fingerprint density at radius 3 is 2.88 bits per heavy atom. The summed E-state index contributed by atoms with van der Waals surface area (Å²) in [4.78, 5) is 4.57. The van der Waals surface area contributed by atoms with Gasteiger partial charge in [0.1, 0.15) is 5.75 Å². The second-order valence-corrected chi connectivity index (χ2v) is 5.65. The summed E-state index contributed by atoms with van der Waals surface area (Å²) in [6, 6.07) is 7.90. The van der Waals surface area contributed by atoms with Crippen molar-refractivity contribution in [2.24, 2.45) is 4.99 Å². The SMILES string of the molecule is CCNC(=NCC1CCCO1)NCCOCc1ccccc1OC.I. The summed E-state index contributed by atoms with van der Waals surface area (Å²) in [6.45, 7) is 6.30. The van der Waals surface area contributed by atoms with E-state index in [0.29, 0.717) is 26.3 Å². The Morgan fingerprint density at radius 1 is 1.32 bits per heavy atom. The lowest BCUT2D eigenvalue weighted by Crippen LogP contribution is -2.39. The molecule has 1 unspecified atom stereocenters. The van der Waals surface area contributed by atoms with Gasteiger partial charge < -0.3 is 24.8 Å². The van der Waals surface area contributed by atoms with Crippen molar-refractivity contribution in [1.29, 1.82) is 0 Å². The summed E-state index contributed by atoms with van der Waals surface area (Å²) < 4.78 is 16.6. The van der Waals surface area contributed by atoms with Crippen molar-refractivity contribution in [3.8, 4) is 5.75 Å². The van der Waals surface area contributed by atoms with Crippen LogP contribution in [0.2, 0.25) is 0 Å². The van der Waals surface area contributed by atoms with Crippen molar-refractivity contribution >= 4 is 29.9 Å². The number of guanidine groups is 1. The average Bonchev–Trinajstić information content (AvgIpc) is 3.13. The number of hydrogen-bond acceptors (Lipinski definition) is 4. The maximum absolute atomic E-state index is 5.72. The predicted molar refractivity (Wildman–Crippen MR) is 111 cm³/mol. The molecule has 0 spiro atoms. The van der Waals surface area contributed by atoms with Crippen LogP contribution in [-0.4, -0.2) is 52.0 Å². The molecule has 1 aliphatic rings. The molecule has 6 nitrogen and oxygen atoms in total. The van der Waals surface area contributed by atoms with E-state index >= 15 is 0 Å². The van der Waals surface area contributed by atoms with Crippen LogP contribution in [0.3, 0.4) is 0 Å². The third-order valence-corrected chi connectivity index (χ3v) is 3.81. The van der Waals surface area contributed by atoms with Crippen LogP contribution in [0.1, 0.15) is 25.3 Å². The Kier molecular flexibility index (Phi) is 11.6. The summed E-state index contributed by atoms with van der Waals surface area (Å²) in [5.41, 5.74) is 1.05. The summed E-state index contributed by atoms with van der Waals surface area (Å²) in [5, 5.41) is 6.53. The fourth-order valence-electron chi connectivity index (χ4n) is 2.57. The molecule has 0 radical (unpaired) electrons. The van der Waals surface area contributed by atoms with E-state index in [4.69, 9.17) is 14.2 Å². The third kappa shape index (κ3) is 8.24. The van der Waals surface area contributed by atoms with E-state index in [1.165, 1.54) is 0 Å². The smallest absolute Gasteiger partial charge is 0.191 e. The van der Waals surface area contributed by atoms with Crippen molar-refractivity contribution in [2.45, 2.75) is 32.5 Å². The van der Waals surface area contributed by atoms with Crippen molar-refractivity contribution in [2.75, 3.05) is 40.0 Å². The van der Waals surface area contributed by atoms with E-state index in [-0.39, 0.29) is 30.1 Å². The first-order valence-electron chi connectivity index (χ1n) is 8.67. The molecule has 2 rings (SSSR count). The highest BCUT2D eigenvalue weighted by atomic mass is 127. The van der Waals surface area contributed by atoms with Gasteiger partial charge >= 0.3 is 0 Å². The largest absolute Gasteiger partial charge is 0.496 e. The van der Waals surface area contributed by atoms with Crippen LogP contribution in [0.15, 0.2) is 29.3 Å². The van der Waals surface area contributed by atoms with E-state index in [1.54, 1.807) is 7.11 Å². The van der Waals surface area contributed by atoms with E-state index < -0.39 is 0 Å². The topological polar surface area (TPSA) is 64.1 Å². The first-order chi connectivity index (χ1) is 11.8.